The zero-order valence-electron chi connectivity index (χ0n) is 11.3. The minimum Gasteiger partial charge on any atom is -0.294 e. The van der Waals surface area contributed by atoms with Gasteiger partial charge in [0.2, 0.25) is 0 Å². The first-order valence-corrected chi connectivity index (χ1v) is 7.27. The Morgan fingerprint density at radius 1 is 0.950 bits per heavy atom. The number of rotatable bonds is 1. The molecule has 0 heterocycles. The number of carbonyl (C=O) groups excluding carboxylic acids is 1. The first-order chi connectivity index (χ1) is 9.37. The molecule has 0 unspecified atom stereocenters. The summed E-state index contributed by atoms with van der Waals surface area (Å²) in [6, 6.07) is 11.4. The van der Waals surface area contributed by atoms with E-state index in [-0.39, 0.29) is 11.2 Å². The monoisotopic (exact) mass is 304 g/mol. The van der Waals surface area contributed by atoms with Crippen LogP contribution in [0.4, 0.5) is 0 Å². The Kier molecular flexibility index (Phi) is 3.15. The molecule has 1 nitrogen and oxygen atoms in total. The summed E-state index contributed by atoms with van der Waals surface area (Å²) < 4.78 is 0. The van der Waals surface area contributed by atoms with Crippen LogP contribution in [0.5, 0.6) is 0 Å². The third-order valence-electron chi connectivity index (χ3n) is 3.85. The summed E-state index contributed by atoms with van der Waals surface area (Å²) >= 11 is 12.1. The molecule has 102 valence electrons. The molecular formula is C17H14Cl2O. The Labute approximate surface area is 128 Å². The van der Waals surface area contributed by atoms with E-state index >= 15 is 0 Å². The summed E-state index contributed by atoms with van der Waals surface area (Å²) in [5.74, 6) is 0.223. The Bertz CT molecular complexity index is 697. The second-order valence-corrected chi connectivity index (χ2v) is 6.78. The van der Waals surface area contributed by atoms with Crippen molar-refractivity contribution in [3.05, 3.63) is 57.6 Å². The number of hydrogen-bond acceptors (Lipinski definition) is 1. The predicted octanol–water partition coefficient (Wildman–Crippen LogP) is 5.52. The van der Waals surface area contributed by atoms with Gasteiger partial charge in [-0.3, -0.25) is 4.79 Å². The fraction of sp³-hybridized carbons (Fsp3) is 0.235. The molecule has 1 aliphatic rings. The van der Waals surface area contributed by atoms with Crippen molar-refractivity contribution in [1.29, 1.82) is 0 Å². The van der Waals surface area contributed by atoms with Gasteiger partial charge in [-0.05, 0) is 46.4 Å². The Hall–Kier alpha value is -1.31. The van der Waals surface area contributed by atoms with E-state index in [1.54, 1.807) is 6.07 Å². The van der Waals surface area contributed by atoms with Crippen LogP contribution in [0, 0.1) is 0 Å². The van der Waals surface area contributed by atoms with Gasteiger partial charge in [-0.25, -0.2) is 0 Å². The summed E-state index contributed by atoms with van der Waals surface area (Å²) in [7, 11) is 0. The van der Waals surface area contributed by atoms with Crippen molar-refractivity contribution in [3.63, 3.8) is 0 Å². The quantitative estimate of drug-likeness (QED) is 0.677. The third kappa shape index (κ3) is 2.25. The van der Waals surface area contributed by atoms with Gasteiger partial charge in [-0.1, -0.05) is 49.2 Å². The van der Waals surface area contributed by atoms with E-state index in [2.05, 4.69) is 19.9 Å². The average molecular weight is 305 g/mol. The maximum absolute atomic E-state index is 12.0. The fourth-order valence-electron chi connectivity index (χ4n) is 2.84. The molecule has 3 rings (SSSR count). The van der Waals surface area contributed by atoms with E-state index in [0.717, 1.165) is 22.3 Å². The number of hydrogen-bond donors (Lipinski definition) is 0. The third-order valence-corrected chi connectivity index (χ3v) is 4.28. The van der Waals surface area contributed by atoms with E-state index in [1.165, 1.54) is 0 Å². The van der Waals surface area contributed by atoms with Gasteiger partial charge >= 0.3 is 0 Å². The standard InChI is InChI=1S/C17H14Cl2O/c1-17(2)9-16(20)14-4-3-10(7-15(14)17)11-5-12(18)8-13(19)6-11/h3-8H,9H2,1-2H3. The van der Waals surface area contributed by atoms with Crippen molar-refractivity contribution < 1.29 is 4.79 Å². The average Bonchev–Trinajstić information content (AvgIpc) is 2.58. The van der Waals surface area contributed by atoms with Gasteiger partial charge < -0.3 is 0 Å². The van der Waals surface area contributed by atoms with Crippen molar-refractivity contribution in [3.8, 4) is 11.1 Å². The van der Waals surface area contributed by atoms with Gasteiger partial charge in [0.1, 0.15) is 0 Å². The first-order valence-electron chi connectivity index (χ1n) is 6.51. The minimum atomic E-state index is -0.106. The smallest absolute Gasteiger partial charge is 0.164 e. The van der Waals surface area contributed by atoms with Crippen molar-refractivity contribution in [1.82, 2.24) is 0 Å². The molecule has 0 saturated heterocycles. The lowest BCUT2D eigenvalue weighted by Gasteiger charge is -2.18. The number of Topliss-reactive ketones (excluding diaryl/α,β-unsaturated/α-hetero) is 1. The van der Waals surface area contributed by atoms with E-state index in [9.17, 15) is 4.79 Å². The van der Waals surface area contributed by atoms with Crippen molar-refractivity contribution in [2.45, 2.75) is 25.7 Å². The van der Waals surface area contributed by atoms with Gasteiger partial charge in [0.25, 0.3) is 0 Å². The van der Waals surface area contributed by atoms with Crippen LogP contribution >= 0.6 is 23.2 Å². The minimum absolute atomic E-state index is 0.106. The zero-order chi connectivity index (χ0) is 14.5. The number of ketones is 1. The lowest BCUT2D eigenvalue weighted by atomic mass is 9.85. The molecule has 2 aromatic rings. The van der Waals surface area contributed by atoms with Crippen molar-refractivity contribution >= 4 is 29.0 Å². The molecule has 0 aromatic heterocycles. The van der Waals surface area contributed by atoms with Crippen LogP contribution in [0.25, 0.3) is 11.1 Å². The molecule has 0 radical (unpaired) electrons. The van der Waals surface area contributed by atoms with Gasteiger partial charge in [0, 0.05) is 22.0 Å². The summed E-state index contributed by atoms with van der Waals surface area (Å²) in [5.41, 5.74) is 3.85. The Balaban J connectivity index is 2.16. The van der Waals surface area contributed by atoms with E-state index in [0.29, 0.717) is 16.5 Å². The van der Waals surface area contributed by atoms with E-state index < -0.39 is 0 Å². The van der Waals surface area contributed by atoms with Crippen LogP contribution in [-0.4, -0.2) is 5.78 Å². The van der Waals surface area contributed by atoms with Crippen molar-refractivity contribution in [2.24, 2.45) is 0 Å². The maximum Gasteiger partial charge on any atom is 0.164 e. The van der Waals surface area contributed by atoms with Crippen molar-refractivity contribution in [2.75, 3.05) is 0 Å². The van der Waals surface area contributed by atoms with Crippen LogP contribution in [0.3, 0.4) is 0 Å². The highest BCUT2D eigenvalue weighted by atomic mass is 35.5. The number of halogens is 2. The second kappa shape index (κ2) is 4.61. The van der Waals surface area contributed by atoms with Gasteiger partial charge in [-0.15, -0.1) is 0 Å². The van der Waals surface area contributed by atoms with Gasteiger partial charge in [0.05, 0.1) is 0 Å². The van der Waals surface area contributed by atoms with Gasteiger partial charge in [-0.2, -0.15) is 0 Å². The van der Waals surface area contributed by atoms with Crippen LogP contribution in [0.1, 0.15) is 36.2 Å². The Morgan fingerprint density at radius 2 is 1.60 bits per heavy atom. The SMILES string of the molecule is CC1(C)CC(=O)c2ccc(-c3cc(Cl)cc(Cl)c3)cc21. The summed E-state index contributed by atoms with van der Waals surface area (Å²) in [6.07, 6.45) is 0.572. The largest absolute Gasteiger partial charge is 0.294 e. The number of fused-ring (bicyclic) bond motifs is 1. The normalized spacial score (nSPS) is 16.3. The van der Waals surface area contributed by atoms with Crippen LogP contribution in [0.2, 0.25) is 10.0 Å². The predicted molar refractivity (Wildman–Crippen MR) is 83.9 cm³/mol. The lowest BCUT2D eigenvalue weighted by molar-refractivity contribution is 0.0979. The zero-order valence-corrected chi connectivity index (χ0v) is 12.8. The highest BCUT2D eigenvalue weighted by Gasteiger charge is 2.35. The highest BCUT2D eigenvalue weighted by molar-refractivity contribution is 6.35. The molecule has 0 amide bonds. The van der Waals surface area contributed by atoms with Crippen LogP contribution in [0.15, 0.2) is 36.4 Å². The molecule has 1 aliphatic carbocycles. The van der Waals surface area contributed by atoms with Crippen LogP contribution < -0.4 is 0 Å². The van der Waals surface area contributed by atoms with Gasteiger partial charge in [0.15, 0.2) is 5.78 Å². The number of carbonyl (C=O) groups is 1. The Morgan fingerprint density at radius 3 is 2.25 bits per heavy atom. The summed E-state index contributed by atoms with van der Waals surface area (Å²) in [6.45, 7) is 4.21. The second-order valence-electron chi connectivity index (χ2n) is 5.90. The fourth-order valence-corrected chi connectivity index (χ4v) is 3.37. The molecule has 0 spiro atoms. The summed E-state index contributed by atoms with van der Waals surface area (Å²) in [5, 5.41) is 1.23. The first kappa shape index (κ1) is 13.7. The topological polar surface area (TPSA) is 17.1 Å². The molecule has 0 saturated carbocycles. The molecule has 2 aromatic carbocycles. The lowest BCUT2D eigenvalue weighted by Crippen LogP contribution is -2.12. The summed E-state index contributed by atoms with van der Waals surface area (Å²) in [4.78, 5) is 12.0. The molecule has 20 heavy (non-hydrogen) atoms. The highest BCUT2D eigenvalue weighted by Crippen LogP contribution is 2.40. The molecular weight excluding hydrogens is 291 g/mol. The van der Waals surface area contributed by atoms with E-state index in [4.69, 9.17) is 23.2 Å². The molecule has 0 atom stereocenters. The molecule has 3 heteroatoms. The molecule has 0 aliphatic heterocycles. The number of benzene rings is 2. The molecule has 0 N–H and O–H groups in total. The molecule has 0 fully saturated rings. The molecule has 0 bridgehead atoms. The van der Waals surface area contributed by atoms with E-state index in [1.807, 2.05) is 24.3 Å². The van der Waals surface area contributed by atoms with Crippen LogP contribution in [-0.2, 0) is 5.41 Å². The maximum atomic E-state index is 12.0.